The monoisotopic (exact) mass is 440 g/mol. The Morgan fingerprint density at radius 2 is 2.00 bits per heavy atom. The molecule has 0 fully saturated rings. The number of amides is 1. The molecule has 148 valence electrons. The van der Waals surface area contributed by atoms with Crippen LogP contribution >= 0.6 is 34.8 Å². The highest BCUT2D eigenvalue weighted by molar-refractivity contribution is 6.54. The quantitative estimate of drug-likeness (QED) is 0.582. The Morgan fingerprint density at radius 3 is 2.71 bits per heavy atom. The van der Waals surface area contributed by atoms with E-state index in [1.807, 2.05) is 38.1 Å². The summed E-state index contributed by atoms with van der Waals surface area (Å²) in [5, 5.41) is 7.44. The van der Waals surface area contributed by atoms with Crippen molar-refractivity contribution in [3.8, 4) is 5.75 Å². The summed E-state index contributed by atoms with van der Waals surface area (Å²) >= 11 is 17.6. The van der Waals surface area contributed by atoms with Crippen LogP contribution < -0.4 is 10.1 Å². The molecule has 0 spiro atoms. The Bertz CT molecular complexity index is 900. The fourth-order valence-corrected chi connectivity index (χ4v) is 3.24. The molecule has 0 radical (unpaired) electrons. The average molecular weight is 442 g/mol. The third kappa shape index (κ3) is 4.90. The number of nitrogens with zero attached hydrogens (tertiary/aromatic N) is 1. The van der Waals surface area contributed by atoms with E-state index in [1.54, 1.807) is 18.2 Å². The predicted octanol–water partition coefficient (Wildman–Crippen LogP) is 5.74. The molecule has 3 rings (SSSR count). The number of anilines is 1. The van der Waals surface area contributed by atoms with Gasteiger partial charge in [0.2, 0.25) is 0 Å². The molecule has 0 aromatic heterocycles. The largest absolute Gasteiger partial charge is 0.490 e. The first-order valence-electron chi connectivity index (χ1n) is 8.72. The zero-order valence-corrected chi connectivity index (χ0v) is 17.6. The number of hydrogen-bond acceptors (Lipinski definition) is 4. The molecule has 0 saturated heterocycles. The van der Waals surface area contributed by atoms with Crippen molar-refractivity contribution in [3.05, 3.63) is 58.6 Å². The van der Waals surface area contributed by atoms with E-state index in [1.165, 1.54) is 0 Å². The van der Waals surface area contributed by atoms with E-state index >= 15 is 0 Å². The molecular formula is C20H19Cl3N2O3. The van der Waals surface area contributed by atoms with Gasteiger partial charge in [0.05, 0.1) is 22.4 Å². The summed E-state index contributed by atoms with van der Waals surface area (Å²) in [7, 11) is 0. The molecule has 1 N–H and O–H groups in total. The third-order valence-corrected chi connectivity index (χ3v) is 4.73. The van der Waals surface area contributed by atoms with E-state index in [0.717, 1.165) is 11.1 Å². The van der Waals surface area contributed by atoms with Crippen molar-refractivity contribution in [1.29, 1.82) is 0 Å². The Morgan fingerprint density at radius 1 is 1.25 bits per heavy atom. The van der Waals surface area contributed by atoms with Gasteiger partial charge in [-0.25, -0.2) is 0 Å². The van der Waals surface area contributed by atoms with Gasteiger partial charge in [0, 0.05) is 12.1 Å². The van der Waals surface area contributed by atoms with Gasteiger partial charge in [0.1, 0.15) is 5.75 Å². The molecule has 2 aromatic carbocycles. The van der Waals surface area contributed by atoms with E-state index in [-0.39, 0.29) is 12.2 Å². The Hall–Kier alpha value is -1.95. The zero-order valence-electron chi connectivity index (χ0n) is 15.3. The van der Waals surface area contributed by atoms with Crippen LogP contribution in [0.5, 0.6) is 5.75 Å². The summed E-state index contributed by atoms with van der Waals surface area (Å²) in [5.74, 6) is 0.179. The average Bonchev–Trinajstić information content (AvgIpc) is 3.11. The second-order valence-corrected chi connectivity index (χ2v) is 8.03. The molecule has 0 bridgehead atoms. The van der Waals surface area contributed by atoms with Crippen LogP contribution in [0.1, 0.15) is 37.5 Å². The van der Waals surface area contributed by atoms with Crippen molar-refractivity contribution in [2.24, 2.45) is 5.16 Å². The highest BCUT2D eigenvalue weighted by Gasteiger charge is 2.28. The number of benzene rings is 2. The molecule has 0 saturated carbocycles. The zero-order chi connectivity index (χ0) is 20.3. The van der Waals surface area contributed by atoms with E-state index in [9.17, 15) is 4.79 Å². The van der Waals surface area contributed by atoms with Crippen LogP contribution in [-0.2, 0) is 9.63 Å². The molecule has 1 atom stereocenters. The van der Waals surface area contributed by atoms with Crippen molar-refractivity contribution < 1.29 is 14.4 Å². The van der Waals surface area contributed by atoms with Crippen molar-refractivity contribution in [2.45, 2.75) is 37.3 Å². The van der Waals surface area contributed by atoms with E-state index in [4.69, 9.17) is 44.4 Å². The van der Waals surface area contributed by atoms with Crippen LogP contribution in [0, 0.1) is 0 Å². The van der Waals surface area contributed by atoms with Gasteiger partial charge in [-0.1, -0.05) is 58.2 Å². The lowest BCUT2D eigenvalue weighted by Crippen LogP contribution is -2.18. The minimum absolute atomic E-state index is 0.00363. The van der Waals surface area contributed by atoms with Crippen LogP contribution in [0.25, 0.3) is 0 Å². The number of oxime groups is 1. The van der Waals surface area contributed by atoms with Crippen LogP contribution in [-0.4, -0.2) is 22.6 Å². The van der Waals surface area contributed by atoms with Crippen molar-refractivity contribution >= 4 is 52.1 Å². The molecule has 28 heavy (non-hydrogen) atoms. The molecule has 1 aliphatic heterocycles. The molecule has 1 heterocycles. The molecular weight excluding hydrogens is 423 g/mol. The number of carbonyl (C=O) groups is 1. The summed E-state index contributed by atoms with van der Waals surface area (Å²) in [6.45, 7) is 3.90. The normalized spacial score (nSPS) is 16.1. The highest BCUT2D eigenvalue weighted by atomic mass is 35.5. The van der Waals surface area contributed by atoms with E-state index in [0.29, 0.717) is 28.6 Å². The van der Waals surface area contributed by atoms with Gasteiger partial charge >= 0.3 is 0 Å². The number of halogens is 3. The van der Waals surface area contributed by atoms with Gasteiger partial charge in [-0.2, -0.15) is 0 Å². The topological polar surface area (TPSA) is 59.9 Å². The van der Waals surface area contributed by atoms with Crippen molar-refractivity contribution in [3.63, 3.8) is 0 Å². The van der Waals surface area contributed by atoms with Gasteiger partial charge in [-0.3, -0.25) is 4.79 Å². The van der Waals surface area contributed by atoms with Crippen LogP contribution in [0.4, 0.5) is 5.69 Å². The van der Waals surface area contributed by atoms with Gasteiger partial charge in [-0.15, -0.1) is 0 Å². The Labute approximate surface area is 178 Å². The lowest BCUT2D eigenvalue weighted by atomic mass is 9.99. The standard InChI is InChI=1S/C20H19Cl3N2O3/c1-11(2)27-16-8-4-7-14(21)18(16)15-10-17(28-25-15)12-5-3-6-13(9-12)24-20(26)19(22)23/h3-9,11,17,19H,10H2,1-2H3,(H,24,26). The van der Waals surface area contributed by atoms with Gasteiger partial charge in [0.15, 0.2) is 10.9 Å². The summed E-state index contributed by atoms with van der Waals surface area (Å²) in [4.78, 5) is 16.2. The molecule has 1 aliphatic rings. The number of carbonyl (C=O) groups excluding carboxylic acids is 1. The van der Waals surface area contributed by atoms with Crippen LogP contribution in [0.3, 0.4) is 0 Å². The highest BCUT2D eigenvalue weighted by Crippen LogP contribution is 2.36. The fourth-order valence-electron chi connectivity index (χ4n) is 2.85. The smallest absolute Gasteiger partial charge is 0.257 e. The maximum absolute atomic E-state index is 11.7. The van der Waals surface area contributed by atoms with Crippen LogP contribution in [0.15, 0.2) is 47.6 Å². The summed E-state index contributed by atoms with van der Waals surface area (Å²) in [5.41, 5.74) is 2.88. The number of rotatable bonds is 6. The van der Waals surface area contributed by atoms with Gasteiger partial charge in [-0.05, 0) is 43.7 Å². The van der Waals surface area contributed by atoms with Gasteiger partial charge in [0.25, 0.3) is 5.91 Å². The first-order chi connectivity index (χ1) is 13.3. The molecule has 1 amide bonds. The summed E-state index contributed by atoms with van der Waals surface area (Å²) in [6, 6.07) is 12.8. The number of nitrogens with one attached hydrogen (secondary N) is 1. The summed E-state index contributed by atoms with van der Waals surface area (Å²) in [6.07, 6.45) is 0.213. The molecule has 0 aliphatic carbocycles. The predicted molar refractivity (Wildman–Crippen MR) is 113 cm³/mol. The molecule has 2 aromatic rings. The Balaban J connectivity index is 1.79. The lowest BCUT2D eigenvalue weighted by Gasteiger charge is -2.15. The minimum atomic E-state index is -1.14. The van der Waals surface area contributed by atoms with E-state index in [2.05, 4.69) is 10.5 Å². The Kier molecular flexibility index (Phi) is 6.70. The van der Waals surface area contributed by atoms with Gasteiger partial charge < -0.3 is 14.9 Å². The minimum Gasteiger partial charge on any atom is -0.490 e. The van der Waals surface area contributed by atoms with Crippen molar-refractivity contribution in [1.82, 2.24) is 0 Å². The maximum Gasteiger partial charge on any atom is 0.257 e. The van der Waals surface area contributed by atoms with Crippen molar-refractivity contribution in [2.75, 3.05) is 5.32 Å². The summed E-state index contributed by atoms with van der Waals surface area (Å²) < 4.78 is 5.87. The maximum atomic E-state index is 11.7. The third-order valence-electron chi connectivity index (χ3n) is 4.02. The molecule has 5 nitrogen and oxygen atoms in total. The van der Waals surface area contributed by atoms with Crippen LogP contribution in [0.2, 0.25) is 5.02 Å². The number of ether oxygens (including phenoxy) is 1. The lowest BCUT2D eigenvalue weighted by molar-refractivity contribution is -0.114. The number of hydrogen-bond donors (Lipinski definition) is 1. The second kappa shape index (κ2) is 9.03. The fraction of sp³-hybridized carbons (Fsp3) is 0.300. The first-order valence-corrected chi connectivity index (χ1v) is 9.97. The van der Waals surface area contributed by atoms with E-state index < -0.39 is 10.7 Å². The molecule has 8 heteroatoms. The second-order valence-electron chi connectivity index (χ2n) is 6.53. The SMILES string of the molecule is CC(C)Oc1cccc(Cl)c1C1=NOC(c2cccc(NC(=O)C(Cl)Cl)c2)C1. The number of alkyl halides is 2. The first kappa shape index (κ1) is 20.8. The molecule has 1 unspecified atom stereocenters.